The van der Waals surface area contributed by atoms with Gasteiger partial charge in [-0.2, -0.15) is 0 Å². The molecule has 33 heavy (non-hydrogen) atoms. The number of halogens is 1. The minimum Gasteiger partial charge on any atom is -0.483 e. The fourth-order valence-corrected chi connectivity index (χ4v) is 3.94. The zero-order valence-corrected chi connectivity index (χ0v) is 22.2. The maximum atomic E-state index is 13.3. The van der Waals surface area contributed by atoms with Gasteiger partial charge in [-0.3, -0.25) is 9.59 Å². The first-order chi connectivity index (χ1) is 15.6. The molecule has 2 aromatic carbocycles. The van der Waals surface area contributed by atoms with Crippen LogP contribution in [0.3, 0.4) is 0 Å². The van der Waals surface area contributed by atoms with Gasteiger partial charge < -0.3 is 15.0 Å². The van der Waals surface area contributed by atoms with Gasteiger partial charge >= 0.3 is 0 Å². The second-order valence-electron chi connectivity index (χ2n) is 9.43. The minimum absolute atomic E-state index is 0.0146. The standard InChI is InChI=1S/C27H37BrN2O3/c1-7-19(3)29-26(32)23(8-2)30(17-20-12-10-9-11-13-20)25(31)18-33-24-15-14-21(16-22(24)28)27(4,5)6/h9-16,19,23H,7-8,17-18H2,1-6H3,(H,29,32)/t19-,23+/m1/s1. The lowest BCUT2D eigenvalue weighted by atomic mass is 9.87. The number of carbonyl (C=O) groups is 2. The van der Waals surface area contributed by atoms with E-state index in [1.807, 2.05) is 69.3 Å². The third-order valence-electron chi connectivity index (χ3n) is 5.73. The van der Waals surface area contributed by atoms with Crippen molar-refractivity contribution in [2.24, 2.45) is 0 Å². The van der Waals surface area contributed by atoms with Crippen molar-refractivity contribution in [3.8, 4) is 5.75 Å². The zero-order valence-electron chi connectivity index (χ0n) is 20.7. The second kappa shape index (κ2) is 12.2. The van der Waals surface area contributed by atoms with E-state index < -0.39 is 6.04 Å². The molecule has 0 saturated heterocycles. The molecule has 0 bridgehead atoms. The average Bonchev–Trinajstić information content (AvgIpc) is 2.77. The smallest absolute Gasteiger partial charge is 0.261 e. The summed E-state index contributed by atoms with van der Waals surface area (Å²) in [6, 6.07) is 15.1. The lowest BCUT2D eigenvalue weighted by Crippen LogP contribution is -2.51. The van der Waals surface area contributed by atoms with Crippen molar-refractivity contribution in [2.45, 2.75) is 78.4 Å². The summed E-state index contributed by atoms with van der Waals surface area (Å²) < 4.78 is 6.70. The first kappa shape index (κ1) is 26.9. The third-order valence-corrected chi connectivity index (χ3v) is 6.35. The molecule has 0 unspecified atom stereocenters. The van der Waals surface area contributed by atoms with E-state index in [2.05, 4.69) is 42.0 Å². The molecule has 2 aromatic rings. The molecule has 1 N–H and O–H groups in total. The van der Waals surface area contributed by atoms with E-state index >= 15 is 0 Å². The summed E-state index contributed by atoms with van der Waals surface area (Å²) in [5.74, 6) is 0.247. The van der Waals surface area contributed by atoms with Crippen molar-refractivity contribution in [3.63, 3.8) is 0 Å². The van der Waals surface area contributed by atoms with Crippen LogP contribution in [0.15, 0.2) is 53.0 Å². The van der Waals surface area contributed by atoms with Crippen molar-refractivity contribution in [1.29, 1.82) is 0 Å². The topological polar surface area (TPSA) is 58.6 Å². The Labute approximate surface area is 207 Å². The van der Waals surface area contributed by atoms with Crippen molar-refractivity contribution < 1.29 is 14.3 Å². The fourth-order valence-electron chi connectivity index (χ4n) is 3.45. The van der Waals surface area contributed by atoms with Crippen LogP contribution in [0.25, 0.3) is 0 Å². The van der Waals surface area contributed by atoms with Crippen molar-refractivity contribution in [3.05, 3.63) is 64.1 Å². The molecule has 0 fully saturated rings. The molecule has 0 spiro atoms. The molecule has 5 nitrogen and oxygen atoms in total. The Balaban J connectivity index is 2.21. The van der Waals surface area contributed by atoms with Crippen LogP contribution in [0.1, 0.15) is 65.5 Å². The molecule has 0 aromatic heterocycles. The van der Waals surface area contributed by atoms with Gasteiger partial charge in [-0.05, 0) is 64.4 Å². The highest BCUT2D eigenvalue weighted by atomic mass is 79.9. The van der Waals surface area contributed by atoms with Crippen LogP contribution in [0.2, 0.25) is 0 Å². The lowest BCUT2D eigenvalue weighted by molar-refractivity contribution is -0.143. The van der Waals surface area contributed by atoms with E-state index in [0.29, 0.717) is 18.7 Å². The van der Waals surface area contributed by atoms with Gasteiger partial charge in [0.25, 0.3) is 5.91 Å². The fraction of sp³-hybridized carbons (Fsp3) is 0.481. The van der Waals surface area contributed by atoms with Gasteiger partial charge in [-0.25, -0.2) is 0 Å². The normalized spacial score (nSPS) is 13.2. The minimum atomic E-state index is -0.568. The predicted octanol–water partition coefficient (Wildman–Crippen LogP) is 5.85. The molecule has 0 radical (unpaired) electrons. The van der Waals surface area contributed by atoms with Gasteiger partial charge in [0, 0.05) is 12.6 Å². The summed E-state index contributed by atoms with van der Waals surface area (Å²) in [6.45, 7) is 12.6. The van der Waals surface area contributed by atoms with E-state index in [9.17, 15) is 9.59 Å². The van der Waals surface area contributed by atoms with Gasteiger partial charge in [0.05, 0.1) is 4.47 Å². The molecule has 6 heteroatoms. The Morgan fingerprint density at radius 2 is 1.73 bits per heavy atom. The molecular weight excluding hydrogens is 480 g/mol. The summed E-state index contributed by atoms with van der Waals surface area (Å²) in [5, 5.41) is 3.02. The highest BCUT2D eigenvalue weighted by Gasteiger charge is 2.29. The number of ether oxygens (including phenoxy) is 1. The number of rotatable bonds is 10. The highest BCUT2D eigenvalue weighted by Crippen LogP contribution is 2.31. The molecule has 0 aliphatic heterocycles. The summed E-state index contributed by atoms with van der Waals surface area (Å²) in [5.41, 5.74) is 2.16. The number of carbonyl (C=O) groups excluding carboxylic acids is 2. The first-order valence-corrected chi connectivity index (χ1v) is 12.4. The quantitative estimate of drug-likeness (QED) is 0.430. The Morgan fingerprint density at radius 1 is 1.06 bits per heavy atom. The van der Waals surface area contributed by atoms with Crippen molar-refractivity contribution in [1.82, 2.24) is 10.2 Å². The number of hydrogen-bond acceptors (Lipinski definition) is 3. The van der Waals surface area contributed by atoms with E-state index in [-0.39, 0.29) is 29.9 Å². The Hall–Kier alpha value is -2.34. The van der Waals surface area contributed by atoms with Crippen LogP contribution >= 0.6 is 15.9 Å². The number of hydrogen-bond donors (Lipinski definition) is 1. The van der Waals surface area contributed by atoms with Crippen LogP contribution < -0.4 is 10.1 Å². The molecular formula is C27H37BrN2O3. The van der Waals surface area contributed by atoms with Gasteiger partial charge in [-0.15, -0.1) is 0 Å². The van der Waals surface area contributed by atoms with Crippen LogP contribution in [0, 0.1) is 0 Å². The molecule has 0 aliphatic carbocycles. The van der Waals surface area contributed by atoms with E-state index in [0.717, 1.165) is 16.5 Å². The van der Waals surface area contributed by atoms with Crippen molar-refractivity contribution in [2.75, 3.05) is 6.61 Å². The van der Waals surface area contributed by atoms with E-state index in [4.69, 9.17) is 4.74 Å². The van der Waals surface area contributed by atoms with Crippen LogP contribution in [-0.4, -0.2) is 35.4 Å². The zero-order chi connectivity index (χ0) is 24.6. The molecule has 2 atom stereocenters. The number of amides is 2. The van der Waals surface area contributed by atoms with E-state index in [1.54, 1.807) is 4.90 Å². The van der Waals surface area contributed by atoms with Gasteiger partial charge in [-0.1, -0.05) is 71.0 Å². The molecule has 0 aliphatic rings. The summed E-state index contributed by atoms with van der Waals surface area (Å²) >= 11 is 3.57. The lowest BCUT2D eigenvalue weighted by Gasteiger charge is -2.31. The van der Waals surface area contributed by atoms with Crippen LogP contribution in [0.5, 0.6) is 5.75 Å². The van der Waals surface area contributed by atoms with Gasteiger partial charge in [0.2, 0.25) is 5.91 Å². The average molecular weight is 518 g/mol. The number of benzene rings is 2. The SMILES string of the molecule is CC[C@@H](C)NC(=O)[C@H](CC)N(Cc1ccccc1)C(=O)COc1ccc(C(C)(C)C)cc1Br. The Bertz CT molecular complexity index is 925. The molecule has 2 rings (SSSR count). The first-order valence-electron chi connectivity index (χ1n) is 11.6. The summed E-state index contributed by atoms with van der Waals surface area (Å²) in [6.07, 6.45) is 1.35. The van der Waals surface area contributed by atoms with Crippen LogP contribution in [-0.2, 0) is 21.5 Å². The maximum Gasteiger partial charge on any atom is 0.261 e. The molecule has 0 heterocycles. The molecule has 180 valence electrons. The maximum absolute atomic E-state index is 13.3. The summed E-state index contributed by atoms with van der Waals surface area (Å²) in [4.78, 5) is 27.9. The monoisotopic (exact) mass is 516 g/mol. The van der Waals surface area contributed by atoms with Gasteiger partial charge in [0.1, 0.15) is 11.8 Å². The molecule has 2 amide bonds. The Morgan fingerprint density at radius 3 is 2.27 bits per heavy atom. The second-order valence-corrected chi connectivity index (χ2v) is 10.3. The number of nitrogens with one attached hydrogen (secondary N) is 1. The predicted molar refractivity (Wildman–Crippen MR) is 137 cm³/mol. The highest BCUT2D eigenvalue weighted by molar-refractivity contribution is 9.10. The Kier molecular flexibility index (Phi) is 9.96. The third kappa shape index (κ3) is 7.88. The number of nitrogens with zero attached hydrogens (tertiary/aromatic N) is 1. The van der Waals surface area contributed by atoms with E-state index in [1.165, 1.54) is 5.56 Å². The van der Waals surface area contributed by atoms with Gasteiger partial charge in [0.15, 0.2) is 6.61 Å². The molecule has 0 saturated carbocycles. The van der Waals surface area contributed by atoms with Crippen molar-refractivity contribution >= 4 is 27.7 Å². The summed E-state index contributed by atoms with van der Waals surface area (Å²) in [7, 11) is 0. The van der Waals surface area contributed by atoms with Crippen LogP contribution in [0.4, 0.5) is 0 Å². The largest absolute Gasteiger partial charge is 0.483 e.